The summed E-state index contributed by atoms with van der Waals surface area (Å²) in [6, 6.07) is 16.4. The molecule has 0 saturated heterocycles. The van der Waals surface area contributed by atoms with E-state index in [2.05, 4.69) is 0 Å². The van der Waals surface area contributed by atoms with Crippen LogP contribution in [0.3, 0.4) is 0 Å². The predicted octanol–water partition coefficient (Wildman–Crippen LogP) is 4.82. The Morgan fingerprint density at radius 2 is 1.53 bits per heavy atom. The standard InChI is InChI=1S/C25H22O5/c1-29-24-14-9-18-5-3-4-6-21(18)22(24)12-11-20(27)16-19(26)10-7-17-8-13-25(30-2)23(28)15-17/h3-15,28H,16H2,1-2H3/b10-7+,12-11+. The van der Waals surface area contributed by atoms with Gasteiger partial charge in [0.1, 0.15) is 5.75 Å². The van der Waals surface area contributed by atoms with Gasteiger partial charge in [-0.05, 0) is 52.8 Å². The van der Waals surface area contributed by atoms with Crippen molar-refractivity contribution in [3.05, 3.63) is 77.9 Å². The average molecular weight is 402 g/mol. The Hall–Kier alpha value is -3.86. The Morgan fingerprint density at radius 3 is 2.23 bits per heavy atom. The van der Waals surface area contributed by atoms with Gasteiger partial charge in [0, 0.05) is 5.56 Å². The van der Waals surface area contributed by atoms with E-state index < -0.39 is 0 Å². The van der Waals surface area contributed by atoms with Crippen molar-refractivity contribution >= 4 is 34.5 Å². The van der Waals surface area contributed by atoms with Crippen LogP contribution < -0.4 is 9.47 Å². The summed E-state index contributed by atoms with van der Waals surface area (Å²) in [4.78, 5) is 24.4. The molecule has 3 aromatic rings. The van der Waals surface area contributed by atoms with Crippen LogP contribution in [0.1, 0.15) is 17.5 Å². The first-order valence-corrected chi connectivity index (χ1v) is 9.36. The average Bonchev–Trinajstić information content (AvgIpc) is 2.76. The molecule has 0 aliphatic heterocycles. The second-order valence-corrected chi connectivity index (χ2v) is 6.61. The first kappa shape index (κ1) is 20.9. The SMILES string of the molecule is COc1ccc(/C=C/C(=O)CC(=O)/C=C/c2c(OC)ccc3ccccc23)cc1O. The molecule has 3 aromatic carbocycles. The fourth-order valence-electron chi connectivity index (χ4n) is 3.09. The van der Waals surface area contributed by atoms with E-state index in [1.807, 2.05) is 36.4 Å². The number of ketones is 2. The number of benzene rings is 3. The Bertz CT molecular complexity index is 1140. The molecule has 0 saturated carbocycles. The van der Waals surface area contributed by atoms with Gasteiger partial charge in [0.05, 0.1) is 20.6 Å². The molecule has 5 heteroatoms. The quantitative estimate of drug-likeness (QED) is 0.432. The van der Waals surface area contributed by atoms with Gasteiger partial charge in [-0.25, -0.2) is 0 Å². The van der Waals surface area contributed by atoms with Crippen molar-refractivity contribution in [2.24, 2.45) is 0 Å². The molecule has 0 aliphatic carbocycles. The summed E-state index contributed by atoms with van der Waals surface area (Å²) >= 11 is 0. The second kappa shape index (κ2) is 9.56. The van der Waals surface area contributed by atoms with Crippen molar-refractivity contribution in [3.63, 3.8) is 0 Å². The Labute approximate surface area is 174 Å². The maximum absolute atomic E-state index is 12.3. The van der Waals surface area contributed by atoms with Crippen LogP contribution in [-0.2, 0) is 9.59 Å². The van der Waals surface area contributed by atoms with Gasteiger partial charge < -0.3 is 14.6 Å². The Balaban J connectivity index is 1.70. The van der Waals surface area contributed by atoms with Crippen LogP contribution >= 0.6 is 0 Å². The predicted molar refractivity (Wildman–Crippen MR) is 118 cm³/mol. The highest BCUT2D eigenvalue weighted by atomic mass is 16.5. The summed E-state index contributed by atoms with van der Waals surface area (Å²) in [7, 11) is 3.04. The summed E-state index contributed by atoms with van der Waals surface area (Å²) in [6.07, 6.45) is 5.71. The molecule has 0 amide bonds. The molecule has 0 spiro atoms. The van der Waals surface area contributed by atoms with Crippen LogP contribution in [0.4, 0.5) is 0 Å². The molecule has 0 unspecified atom stereocenters. The van der Waals surface area contributed by atoms with Gasteiger partial charge in [-0.3, -0.25) is 9.59 Å². The van der Waals surface area contributed by atoms with Crippen molar-refractivity contribution in [3.8, 4) is 17.2 Å². The lowest BCUT2D eigenvalue weighted by Gasteiger charge is -2.08. The highest BCUT2D eigenvalue weighted by molar-refractivity contribution is 6.11. The number of allylic oxidation sites excluding steroid dienone is 2. The maximum atomic E-state index is 12.3. The molecule has 0 bridgehead atoms. The van der Waals surface area contributed by atoms with Gasteiger partial charge in [0.2, 0.25) is 0 Å². The number of fused-ring (bicyclic) bond motifs is 1. The fraction of sp³-hybridized carbons (Fsp3) is 0.120. The number of hydrogen-bond acceptors (Lipinski definition) is 5. The van der Waals surface area contributed by atoms with E-state index in [0.717, 1.165) is 16.3 Å². The number of rotatable bonds is 8. The molecule has 0 aromatic heterocycles. The normalized spacial score (nSPS) is 11.3. The number of phenols is 1. The van der Waals surface area contributed by atoms with Gasteiger partial charge in [0.15, 0.2) is 23.1 Å². The van der Waals surface area contributed by atoms with Gasteiger partial charge >= 0.3 is 0 Å². The van der Waals surface area contributed by atoms with Crippen molar-refractivity contribution in [2.75, 3.05) is 14.2 Å². The van der Waals surface area contributed by atoms with E-state index in [-0.39, 0.29) is 23.7 Å². The maximum Gasteiger partial charge on any atom is 0.163 e. The molecule has 0 radical (unpaired) electrons. The van der Waals surface area contributed by atoms with Gasteiger partial charge in [-0.15, -0.1) is 0 Å². The van der Waals surface area contributed by atoms with Crippen LogP contribution in [0.15, 0.2) is 66.7 Å². The molecule has 3 rings (SSSR count). The van der Waals surface area contributed by atoms with E-state index in [9.17, 15) is 14.7 Å². The van der Waals surface area contributed by atoms with Crippen LogP contribution in [0.25, 0.3) is 22.9 Å². The molecule has 30 heavy (non-hydrogen) atoms. The van der Waals surface area contributed by atoms with E-state index in [0.29, 0.717) is 17.1 Å². The van der Waals surface area contributed by atoms with E-state index in [1.54, 1.807) is 31.4 Å². The lowest BCUT2D eigenvalue weighted by Crippen LogP contribution is -2.02. The molecular formula is C25H22O5. The molecule has 0 aliphatic rings. The molecule has 0 heterocycles. The number of hydrogen-bond donors (Lipinski definition) is 1. The lowest BCUT2D eigenvalue weighted by atomic mass is 10.0. The van der Waals surface area contributed by atoms with E-state index >= 15 is 0 Å². The minimum atomic E-state index is -0.329. The highest BCUT2D eigenvalue weighted by Crippen LogP contribution is 2.29. The van der Waals surface area contributed by atoms with Crippen molar-refractivity contribution in [1.29, 1.82) is 0 Å². The minimum absolute atomic E-state index is 0.0184. The van der Waals surface area contributed by atoms with Crippen LogP contribution in [0, 0.1) is 0 Å². The fourth-order valence-corrected chi connectivity index (χ4v) is 3.09. The summed E-state index contributed by atoms with van der Waals surface area (Å²) < 4.78 is 10.4. The number of phenolic OH excluding ortho intramolecular Hbond substituents is 1. The highest BCUT2D eigenvalue weighted by Gasteiger charge is 2.08. The first-order valence-electron chi connectivity index (χ1n) is 9.36. The molecule has 5 nitrogen and oxygen atoms in total. The monoisotopic (exact) mass is 402 g/mol. The molecule has 0 atom stereocenters. The number of ether oxygens (including phenoxy) is 2. The zero-order valence-corrected chi connectivity index (χ0v) is 16.8. The first-order chi connectivity index (χ1) is 14.5. The number of carbonyl (C=O) groups excluding carboxylic acids is 2. The van der Waals surface area contributed by atoms with Crippen molar-refractivity contribution in [1.82, 2.24) is 0 Å². The van der Waals surface area contributed by atoms with Crippen LogP contribution in [-0.4, -0.2) is 30.9 Å². The van der Waals surface area contributed by atoms with Crippen molar-refractivity contribution in [2.45, 2.75) is 6.42 Å². The Kier molecular flexibility index (Phi) is 6.65. The van der Waals surface area contributed by atoms with Crippen LogP contribution in [0.5, 0.6) is 17.2 Å². The molecule has 1 N–H and O–H groups in total. The number of methoxy groups -OCH3 is 2. The largest absolute Gasteiger partial charge is 0.504 e. The summed E-state index contributed by atoms with van der Waals surface area (Å²) in [5.74, 6) is 0.350. The third kappa shape index (κ3) is 4.94. The van der Waals surface area contributed by atoms with Gasteiger partial charge in [-0.2, -0.15) is 0 Å². The third-order valence-electron chi connectivity index (χ3n) is 4.60. The molecule has 0 fully saturated rings. The summed E-state index contributed by atoms with van der Waals surface area (Å²) in [5, 5.41) is 11.8. The number of carbonyl (C=O) groups is 2. The summed E-state index contributed by atoms with van der Waals surface area (Å²) in [6.45, 7) is 0. The van der Waals surface area contributed by atoms with E-state index in [4.69, 9.17) is 9.47 Å². The molecule has 152 valence electrons. The molecular weight excluding hydrogens is 380 g/mol. The smallest absolute Gasteiger partial charge is 0.163 e. The lowest BCUT2D eigenvalue weighted by molar-refractivity contribution is -0.121. The summed E-state index contributed by atoms with van der Waals surface area (Å²) in [5.41, 5.74) is 1.42. The second-order valence-electron chi connectivity index (χ2n) is 6.61. The topological polar surface area (TPSA) is 72.8 Å². The minimum Gasteiger partial charge on any atom is -0.504 e. The zero-order chi connectivity index (χ0) is 21.5. The van der Waals surface area contributed by atoms with Gasteiger partial charge in [0.25, 0.3) is 0 Å². The van der Waals surface area contributed by atoms with Crippen LogP contribution in [0.2, 0.25) is 0 Å². The van der Waals surface area contributed by atoms with E-state index in [1.165, 1.54) is 25.3 Å². The third-order valence-corrected chi connectivity index (χ3v) is 4.60. The van der Waals surface area contributed by atoms with Gasteiger partial charge in [-0.1, -0.05) is 42.5 Å². The zero-order valence-electron chi connectivity index (χ0n) is 16.8. The van der Waals surface area contributed by atoms with Crippen molar-refractivity contribution < 1.29 is 24.2 Å². The Morgan fingerprint density at radius 1 is 0.867 bits per heavy atom. The number of aromatic hydroxyl groups is 1.